The number of rotatable bonds is 5. The van der Waals surface area contributed by atoms with E-state index in [-0.39, 0.29) is 23.7 Å². The van der Waals surface area contributed by atoms with Crippen molar-refractivity contribution >= 4 is 28.6 Å². The molecule has 0 aliphatic carbocycles. The summed E-state index contributed by atoms with van der Waals surface area (Å²) in [5, 5.41) is 0.914. The lowest BCUT2D eigenvalue weighted by Gasteiger charge is -2.37. The van der Waals surface area contributed by atoms with E-state index in [4.69, 9.17) is 4.74 Å². The number of amides is 2. The van der Waals surface area contributed by atoms with Crippen molar-refractivity contribution in [2.75, 3.05) is 50.8 Å². The van der Waals surface area contributed by atoms with Crippen molar-refractivity contribution < 1.29 is 18.7 Å². The summed E-state index contributed by atoms with van der Waals surface area (Å²) in [4.78, 5) is 35.2. The normalized spacial score (nSPS) is 19.2. The van der Waals surface area contributed by atoms with Gasteiger partial charge in [0.05, 0.1) is 18.0 Å². The lowest BCUT2D eigenvalue weighted by molar-refractivity contribution is -0.135. The maximum Gasteiger partial charge on any atom is 0.409 e. The summed E-state index contributed by atoms with van der Waals surface area (Å²) in [6.45, 7) is 6.15. The molecule has 166 valence electrons. The van der Waals surface area contributed by atoms with Gasteiger partial charge < -0.3 is 19.4 Å². The fourth-order valence-corrected chi connectivity index (χ4v) is 4.33. The molecule has 0 saturated carbocycles. The number of hydrogen-bond acceptors (Lipinski definition) is 5. The lowest BCUT2D eigenvalue weighted by Crippen LogP contribution is -2.50. The second-order valence-electron chi connectivity index (χ2n) is 8.20. The minimum absolute atomic E-state index is 0.116. The smallest absolute Gasteiger partial charge is 0.409 e. The Morgan fingerprint density at radius 3 is 2.71 bits per heavy atom. The molecule has 2 fully saturated rings. The molecule has 31 heavy (non-hydrogen) atoms. The van der Waals surface area contributed by atoms with Gasteiger partial charge in [-0.2, -0.15) is 0 Å². The summed E-state index contributed by atoms with van der Waals surface area (Å²) in [5.74, 6) is -0.340. The van der Waals surface area contributed by atoms with Crippen LogP contribution in [0.1, 0.15) is 26.2 Å². The SMILES string of the molecule is CCCCOC(=O)N1CCC(C(=O)N2CCN(c3ccnc4cc(F)ccc34)CC2)C1. The topological polar surface area (TPSA) is 66.0 Å². The Hall–Kier alpha value is -2.90. The summed E-state index contributed by atoms with van der Waals surface area (Å²) in [6, 6.07) is 6.60. The number of hydrogen-bond donors (Lipinski definition) is 0. The van der Waals surface area contributed by atoms with Gasteiger partial charge in [-0.05, 0) is 31.0 Å². The van der Waals surface area contributed by atoms with Crippen molar-refractivity contribution in [3.8, 4) is 0 Å². The van der Waals surface area contributed by atoms with Crippen molar-refractivity contribution in [2.45, 2.75) is 26.2 Å². The Balaban J connectivity index is 1.32. The number of pyridine rings is 1. The molecule has 0 bridgehead atoms. The maximum absolute atomic E-state index is 13.5. The number of ether oxygens (including phenoxy) is 1. The summed E-state index contributed by atoms with van der Waals surface area (Å²) >= 11 is 0. The van der Waals surface area contributed by atoms with Crippen LogP contribution in [0.25, 0.3) is 10.9 Å². The first-order valence-electron chi connectivity index (χ1n) is 11.1. The van der Waals surface area contributed by atoms with Crippen molar-refractivity contribution in [3.05, 3.63) is 36.3 Å². The molecule has 8 heteroatoms. The van der Waals surface area contributed by atoms with Gasteiger partial charge in [-0.1, -0.05) is 13.3 Å². The van der Waals surface area contributed by atoms with Crippen molar-refractivity contribution in [2.24, 2.45) is 5.92 Å². The molecule has 0 radical (unpaired) electrons. The Bertz CT molecular complexity index is 946. The zero-order chi connectivity index (χ0) is 21.8. The first kappa shape index (κ1) is 21.3. The van der Waals surface area contributed by atoms with Gasteiger partial charge in [0, 0.05) is 62.6 Å². The van der Waals surface area contributed by atoms with E-state index in [9.17, 15) is 14.0 Å². The van der Waals surface area contributed by atoms with Gasteiger partial charge in [-0.15, -0.1) is 0 Å². The third-order valence-electron chi connectivity index (χ3n) is 6.13. The molecular weight excluding hydrogens is 399 g/mol. The van der Waals surface area contributed by atoms with Gasteiger partial charge in [-0.3, -0.25) is 9.78 Å². The average molecular weight is 429 g/mol. The van der Waals surface area contributed by atoms with Gasteiger partial charge in [-0.25, -0.2) is 9.18 Å². The minimum atomic E-state index is -0.311. The summed E-state index contributed by atoms with van der Waals surface area (Å²) < 4.78 is 18.8. The highest BCUT2D eigenvalue weighted by Gasteiger charge is 2.35. The molecular formula is C23H29FN4O3. The number of piperazine rings is 1. The second kappa shape index (κ2) is 9.49. The maximum atomic E-state index is 13.5. The van der Waals surface area contributed by atoms with Crippen molar-refractivity contribution in [1.82, 2.24) is 14.8 Å². The number of carbonyl (C=O) groups is 2. The highest BCUT2D eigenvalue weighted by atomic mass is 19.1. The highest BCUT2D eigenvalue weighted by Crippen LogP contribution is 2.27. The van der Waals surface area contributed by atoms with Crippen LogP contribution < -0.4 is 4.90 Å². The van der Waals surface area contributed by atoms with E-state index in [2.05, 4.69) is 16.8 Å². The monoisotopic (exact) mass is 428 g/mol. The number of fused-ring (bicyclic) bond motifs is 1. The number of halogens is 1. The predicted molar refractivity (Wildman–Crippen MR) is 116 cm³/mol. The van der Waals surface area contributed by atoms with E-state index in [1.54, 1.807) is 17.2 Å². The summed E-state index contributed by atoms with van der Waals surface area (Å²) in [5.41, 5.74) is 1.65. The first-order valence-corrected chi connectivity index (χ1v) is 11.1. The number of anilines is 1. The molecule has 0 spiro atoms. The van der Waals surface area contributed by atoms with Gasteiger partial charge >= 0.3 is 6.09 Å². The predicted octanol–water partition coefficient (Wildman–Crippen LogP) is 3.28. The zero-order valence-corrected chi connectivity index (χ0v) is 17.9. The van der Waals surface area contributed by atoms with E-state index in [1.165, 1.54) is 12.1 Å². The van der Waals surface area contributed by atoms with E-state index >= 15 is 0 Å². The number of aromatic nitrogens is 1. The standard InChI is InChI=1S/C23H29FN4O3/c1-2-3-14-31-23(30)28-9-7-17(16-28)22(29)27-12-10-26(11-13-27)21-6-8-25-20-15-18(24)4-5-19(20)21/h4-6,8,15,17H,2-3,7,9-14,16H2,1H3. The first-order chi connectivity index (χ1) is 15.1. The van der Waals surface area contributed by atoms with Crippen LogP contribution in [-0.4, -0.2) is 72.7 Å². The fraction of sp³-hybridized carbons (Fsp3) is 0.522. The fourth-order valence-electron chi connectivity index (χ4n) is 4.33. The Morgan fingerprint density at radius 1 is 1.13 bits per heavy atom. The molecule has 2 aliphatic rings. The van der Waals surface area contributed by atoms with Crippen LogP contribution >= 0.6 is 0 Å². The number of likely N-dealkylation sites (tertiary alicyclic amines) is 1. The molecule has 1 aromatic carbocycles. The molecule has 1 aromatic heterocycles. The van der Waals surface area contributed by atoms with Crippen LogP contribution in [0.4, 0.5) is 14.9 Å². The van der Waals surface area contributed by atoms with Gasteiger partial charge in [0.2, 0.25) is 5.91 Å². The number of benzene rings is 1. The molecule has 1 unspecified atom stereocenters. The third kappa shape index (κ3) is 4.73. The van der Waals surface area contributed by atoms with Crippen LogP contribution in [0.15, 0.2) is 30.5 Å². The second-order valence-corrected chi connectivity index (χ2v) is 8.20. The molecule has 4 rings (SSSR count). The molecule has 2 saturated heterocycles. The van der Waals surface area contributed by atoms with Gasteiger partial charge in [0.1, 0.15) is 5.82 Å². The molecule has 7 nitrogen and oxygen atoms in total. The van der Waals surface area contributed by atoms with Gasteiger partial charge in [0.25, 0.3) is 0 Å². The summed E-state index contributed by atoms with van der Waals surface area (Å²) in [6.07, 6.45) is 3.90. The lowest BCUT2D eigenvalue weighted by atomic mass is 10.1. The van der Waals surface area contributed by atoms with E-state index in [0.717, 1.165) is 23.9 Å². The average Bonchev–Trinajstić information content (AvgIpc) is 3.29. The minimum Gasteiger partial charge on any atom is -0.449 e. The number of unbranched alkanes of at least 4 members (excludes halogenated alkanes) is 1. The summed E-state index contributed by atoms with van der Waals surface area (Å²) in [7, 11) is 0. The number of nitrogens with zero attached hydrogens (tertiary/aromatic N) is 4. The van der Waals surface area contributed by atoms with Crippen LogP contribution in [0, 0.1) is 11.7 Å². The van der Waals surface area contributed by atoms with Crippen LogP contribution in [-0.2, 0) is 9.53 Å². The molecule has 3 heterocycles. The molecule has 2 aromatic rings. The van der Waals surface area contributed by atoms with E-state index < -0.39 is 0 Å². The quantitative estimate of drug-likeness (QED) is 0.684. The van der Waals surface area contributed by atoms with Crippen molar-refractivity contribution in [3.63, 3.8) is 0 Å². The van der Waals surface area contributed by atoms with E-state index in [1.807, 2.05) is 11.0 Å². The Labute approximate surface area is 181 Å². The zero-order valence-electron chi connectivity index (χ0n) is 17.9. The molecule has 0 N–H and O–H groups in total. The molecule has 2 amide bonds. The van der Waals surface area contributed by atoms with Crippen LogP contribution in [0.5, 0.6) is 0 Å². The van der Waals surface area contributed by atoms with E-state index in [0.29, 0.717) is 57.8 Å². The van der Waals surface area contributed by atoms with Crippen LogP contribution in [0.3, 0.4) is 0 Å². The number of carbonyl (C=O) groups excluding carboxylic acids is 2. The third-order valence-corrected chi connectivity index (χ3v) is 6.13. The molecule has 1 atom stereocenters. The van der Waals surface area contributed by atoms with Gasteiger partial charge in [0.15, 0.2) is 0 Å². The Kier molecular flexibility index (Phi) is 6.53. The Morgan fingerprint density at radius 2 is 1.94 bits per heavy atom. The molecule has 2 aliphatic heterocycles. The highest BCUT2D eigenvalue weighted by molar-refractivity contribution is 5.91. The largest absolute Gasteiger partial charge is 0.449 e. The van der Waals surface area contributed by atoms with Crippen LogP contribution in [0.2, 0.25) is 0 Å². The van der Waals surface area contributed by atoms with Crippen molar-refractivity contribution in [1.29, 1.82) is 0 Å².